The number of hydrogen-bond acceptors (Lipinski definition) is 5. The van der Waals surface area contributed by atoms with Crippen LogP contribution >= 0.6 is 0 Å². The molecule has 0 amide bonds. The van der Waals surface area contributed by atoms with Gasteiger partial charge in [-0.25, -0.2) is 9.97 Å². The number of anilines is 1. The van der Waals surface area contributed by atoms with Crippen molar-refractivity contribution >= 4 is 5.82 Å². The molecule has 0 saturated carbocycles. The molecule has 0 saturated heterocycles. The third kappa shape index (κ3) is 2.27. The van der Waals surface area contributed by atoms with Crippen molar-refractivity contribution in [1.82, 2.24) is 19.7 Å². The summed E-state index contributed by atoms with van der Waals surface area (Å²) in [5.74, 6) is 1.31. The van der Waals surface area contributed by atoms with E-state index in [1.807, 2.05) is 10.9 Å². The zero-order valence-electron chi connectivity index (χ0n) is 10.8. The van der Waals surface area contributed by atoms with Gasteiger partial charge in [-0.05, 0) is 6.42 Å². The SMILES string of the molecule is CCCn1cc(-c2ncnc(NC)c2OC)cn1. The highest BCUT2D eigenvalue weighted by Crippen LogP contribution is 2.32. The second-order valence-corrected chi connectivity index (χ2v) is 3.85. The van der Waals surface area contributed by atoms with E-state index in [9.17, 15) is 0 Å². The summed E-state index contributed by atoms with van der Waals surface area (Å²) in [5, 5.41) is 7.28. The highest BCUT2D eigenvalue weighted by Gasteiger charge is 2.14. The van der Waals surface area contributed by atoms with E-state index in [-0.39, 0.29) is 0 Å². The predicted molar refractivity (Wildman–Crippen MR) is 69.6 cm³/mol. The summed E-state index contributed by atoms with van der Waals surface area (Å²) in [5.41, 5.74) is 1.68. The van der Waals surface area contributed by atoms with Crippen LogP contribution in [-0.2, 0) is 6.54 Å². The first-order chi connectivity index (χ1) is 8.80. The van der Waals surface area contributed by atoms with Gasteiger partial charge in [0.25, 0.3) is 0 Å². The van der Waals surface area contributed by atoms with Crippen LogP contribution in [0.15, 0.2) is 18.7 Å². The maximum absolute atomic E-state index is 5.37. The summed E-state index contributed by atoms with van der Waals surface area (Å²) < 4.78 is 7.27. The lowest BCUT2D eigenvalue weighted by atomic mass is 10.2. The summed E-state index contributed by atoms with van der Waals surface area (Å²) in [6.07, 6.45) is 6.32. The summed E-state index contributed by atoms with van der Waals surface area (Å²) in [6.45, 7) is 3.01. The third-order valence-corrected chi connectivity index (χ3v) is 2.60. The molecule has 0 spiro atoms. The van der Waals surface area contributed by atoms with Crippen LogP contribution in [0.3, 0.4) is 0 Å². The number of ether oxygens (including phenoxy) is 1. The van der Waals surface area contributed by atoms with Crippen LogP contribution < -0.4 is 10.1 Å². The van der Waals surface area contributed by atoms with Crippen molar-refractivity contribution in [3.63, 3.8) is 0 Å². The molecule has 6 heteroatoms. The summed E-state index contributed by atoms with van der Waals surface area (Å²) in [4.78, 5) is 8.40. The minimum absolute atomic E-state index is 0.635. The Morgan fingerprint density at radius 3 is 2.89 bits per heavy atom. The molecule has 2 heterocycles. The van der Waals surface area contributed by atoms with Gasteiger partial charge in [-0.3, -0.25) is 4.68 Å². The van der Waals surface area contributed by atoms with E-state index in [0.717, 1.165) is 24.2 Å². The van der Waals surface area contributed by atoms with Crippen molar-refractivity contribution in [1.29, 1.82) is 0 Å². The number of methoxy groups -OCH3 is 1. The fourth-order valence-corrected chi connectivity index (χ4v) is 1.79. The Kier molecular flexibility index (Phi) is 3.76. The first kappa shape index (κ1) is 12.3. The van der Waals surface area contributed by atoms with E-state index in [1.165, 1.54) is 6.33 Å². The highest BCUT2D eigenvalue weighted by molar-refractivity contribution is 5.71. The maximum Gasteiger partial charge on any atom is 0.187 e. The maximum atomic E-state index is 5.37. The molecule has 0 aliphatic rings. The smallest absolute Gasteiger partial charge is 0.187 e. The van der Waals surface area contributed by atoms with Crippen molar-refractivity contribution in [2.24, 2.45) is 0 Å². The molecule has 0 radical (unpaired) electrons. The second kappa shape index (κ2) is 5.48. The average Bonchev–Trinajstić information content (AvgIpc) is 2.86. The lowest BCUT2D eigenvalue weighted by Crippen LogP contribution is -2.00. The Morgan fingerprint density at radius 2 is 2.22 bits per heavy atom. The van der Waals surface area contributed by atoms with Crippen LogP contribution in [0.4, 0.5) is 5.82 Å². The Balaban J connectivity index is 2.42. The quantitative estimate of drug-likeness (QED) is 0.872. The number of hydrogen-bond donors (Lipinski definition) is 1. The summed E-state index contributed by atoms with van der Waals surface area (Å²) in [7, 11) is 3.41. The fourth-order valence-electron chi connectivity index (χ4n) is 1.79. The van der Waals surface area contributed by atoms with E-state index >= 15 is 0 Å². The minimum Gasteiger partial charge on any atom is -0.491 e. The first-order valence-corrected chi connectivity index (χ1v) is 5.89. The van der Waals surface area contributed by atoms with Gasteiger partial charge in [-0.2, -0.15) is 5.10 Å². The molecule has 1 N–H and O–H groups in total. The van der Waals surface area contributed by atoms with Crippen molar-refractivity contribution in [2.45, 2.75) is 19.9 Å². The molecular formula is C12H17N5O. The molecule has 0 aromatic carbocycles. The van der Waals surface area contributed by atoms with E-state index < -0.39 is 0 Å². The van der Waals surface area contributed by atoms with Gasteiger partial charge < -0.3 is 10.1 Å². The van der Waals surface area contributed by atoms with Gasteiger partial charge in [0.05, 0.1) is 13.3 Å². The van der Waals surface area contributed by atoms with Crippen molar-refractivity contribution in [3.05, 3.63) is 18.7 Å². The average molecular weight is 247 g/mol. The van der Waals surface area contributed by atoms with E-state index in [4.69, 9.17) is 4.74 Å². The van der Waals surface area contributed by atoms with Gasteiger partial charge in [0.2, 0.25) is 0 Å². The van der Waals surface area contributed by atoms with Crippen LogP contribution in [0, 0.1) is 0 Å². The molecule has 0 bridgehead atoms. The van der Waals surface area contributed by atoms with Crippen molar-refractivity contribution in [2.75, 3.05) is 19.5 Å². The molecule has 0 unspecified atom stereocenters. The lowest BCUT2D eigenvalue weighted by Gasteiger charge is -2.09. The number of aryl methyl sites for hydroxylation is 1. The molecule has 0 aliphatic carbocycles. The van der Waals surface area contributed by atoms with Crippen LogP contribution in [0.25, 0.3) is 11.3 Å². The van der Waals surface area contributed by atoms with E-state index in [0.29, 0.717) is 11.6 Å². The van der Waals surface area contributed by atoms with Crippen LogP contribution in [-0.4, -0.2) is 33.9 Å². The molecule has 2 aromatic rings. The monoisotopic (exact) mass is 247 g/mol. The van der Waals surface area contributed by atoms with Gasteiger partial charge in [0.1, 0.15) is 12.0 Å². The van der Waals surface area contributed by atoms with Crippen molar-refractivity contribution in [3.8, 4) is 17.0 Å². The Hall–Kier alpha value is -2.11. The van der Waals surface area contributed by atoms with E-state index in [2.05, 4.69) is 27.3 Å². The lowest BCUT2D eigenvalue weighted by molar-refractivity contribution is 0.415. The van der Waals surface area contributed by atoms with Crippen LogP contribution in [0.2, 0.25) is 0 Å². The molecular weight excluding hydrogens is 230 g/mol. The first-order valence-electron chi connectivity index (χ1n) is 5.89. The van der Waals surface area contributed by atoms with Gasteiger partial charge in [-0.1, -0.05) is 6.92 Å². The largest absolute Gasteiger partial charge is 0.491 e. The van der Waals surface area contributed by atoms with Gasteiger partial charge >= 0.3 is 0 Å². The number of rotatable bonds is 5. The Labute approximate surface area is 106 Å². The molecule has 2 rings (SSSR count). The van der Waals surface area contributed by atoms with Crippen LogP contribution in [0.5, 0.6) is 5.75 Å². The molecule has 18 heavy (non-hydrogen) atoms. The van der Waals surface area contributed by atoms with Gasteiger partial charge in [-0.15, -0.1) is 0 Å². The molecule has 0 fully saturated rings. The van der Waals surface area contributed by atoms with Crippen LogP contribution in [0.1, 0.15) is 13.3 Å². The number of nitrogens with zero attached hydrogens (tertiary/aromatic N) is 4. The zero-order valence-corrected chi connectivity index (χ0v) is 10.8. The third-order valence-electron chi connectivity index (χ3n) is 2.60. The summed E-state index contributed by atoms with van der Waals surface area (Å²) in [6, 6.07) is 0. The topological polar surface area (TPSA) is 64.9 Å². The molecule has 2 aromatic heterocycles. The minimum atomic E-state index is 0.635. The van der Waals surface area contributed by atoms with E-state index in [1.54, 1.807) is 20.4 Å². The zero-order chi connectivity index (χ0) is 13.0. The fraction of sp³-hybridized carbons (Fsp3) is 0.417. The Morgan fingerprint density at radius 1 is 1.39 bits per heavy atom. The molecule has 0 aliphatic heterocycles. The molecule has 96 valence electrons. The normalized spacial score (nSPS) is 10.4. The number of nitrogens with one attached hydrogen (secondary N) is 1. The van der Waals surface area contributed by atoms with Gasteiger partial charge in [0.15, 0.2) is 11.6 Å². The van der Waals surface area contributed by atoms with Crippen molar-refractivity contribution < 1.29 is 4.74 Å². The molecule has 6 nitrogen and oxygen atoms in total. The Bertz CT molecular complexity index is 523. The van der Waals surface area contributed by atoms with Gasteiger partial charge in [0, 0.05) is 25.4 Å². The molecule has 0 atom stereocenters. The highest BCUT2D eigenvalue weighted by atomic mass is 16.5. The second-order valence-electron chi connectivity index (χ2n) is 3.85. The summed E-state index contributed by atoms with van der Waals surface area (Å²) >= 11 is 0. The standard InChI is InChI=1S/C12H17N5O/c1-4-5-17-7-9(6-16-17)10-11(18-3)12(13-2)15-8-14-10/h6-8H,4-5H2,1-3H3,(H,13,14,15). The number of aromatic nitrogens is 4. The predicted octanol–water partition coefficient (Wildman–Crippen LogP) is 1.80.